The molecule has 3 rings (SSSR count). The summed E-state index contributed by atoms with van der Waals surface area (Å²) in [6, 6.07) is 22.2. The van der Waals surface area contributed by atoms with Gasteiger partial charge in [-0.2, -0.15) is 0 Å². The molecule has 0 radical (unpaired) electrons. The highest BCUT2D eigenvalue weighted by atomic mass is 16.4. The second kappa shape index (κ2) is 7.62. The first-order chi connectivity index (χ1) is 11.7. The number of hydrogen-bond donors (Lipinski definition) is 1. The van der Waals surface area contributed by atoms with E-state index in [9.17, 15) is 9.90 Å². The highest BCUT2D eigenvalue weighted by Gasteiger charge is 2.21. The van der Waals surface area contributed by atoms with Gasteiger partial charge in [-0.25, -0.2) is 0 Å². The molecule has 0 fully saturated rings. The summed E-state index contributed by atoms with van der Waals surface area (Å²) in [4.78, 5) is 14.5. The van der Waals surface area contributed by atoms with Gasteiger partial charge >= 0.3 is 0 Å². The van der Waals surface area contributed by atoms with E-state index in [2.05, 4.69) is 0 Å². The monoisotopic (exact) mass is 321 g/mol. The van der Waals surface area contributed by atoms with Gasteiger partial charge in [0.25, 0.3) is 5.91 Å². The number of aliphatic hydroxyl groups is 1. The molecule has 4 nitrogen and oxygen atoms in total. The van der Waals surface area contributed by atoms with Gasteiger partial charge in [0, 0.05) is 12.1 Å². The van der Waals surface area contributed by atoms with Crippen molar-refractivity contribution in [3.8, 4) is 0 Å². The van der Waals surface area contributed by atoms with Crippen LogP contribution in [0.1, 0.15) is 27.8 Å². The summed E-state index contributed by atoms with van der Waals surface area (Å²) in [7, 11) is 0. The molecule has 1 amide bonds. The minimum Gasteiger partial charge on any atom is -0.467 e. The summed E-state index contributed by atoms with van der Waals surface area (Å²) >= 11 is 0. The highest BCUT2D eigenvalue weighted by Crippen LogP contribution is 2.18. The number of benzene rings is 2. The molecule has 0 bridgehead atoms. The fraction of sp³-hybridized carbons (Fsp3) is 0.150. The fourth-order valence-corrected chi connectivity index (χ4v) is 2.57. The molecule has 0 aliphatic carbocycles. The van der Waals surface area contributed by atoms with E-state index in [0.717, 1.165) is 5.56 Å². The second-order valence-electron chi connectivity index (χ2n) is 5.57. The molecule has 0 spiro atoms. The molecule has 24 heavy (non-hydrogen) atoms. The smallest absolute Gasteiger partial charge is 0.254 e. The number of amides is 1. The highest BCUT2D eigenvalue weighted by molar-refractivity contribution is 5.94. The van der Waals surface area contributed by atoms with E-state index >= 15 is 0 Å². The topological polar surface area (TPSA) is 53.7 Å². The van der Waals surface area contributed by atoms with Crippen molar-refractivity contribution in [3.05, 3.63) is 95.9 Å². The Hall–Kier alpha value is -2.85. The molecule has 1 atom stereocenters. The van der Waals surface area contributed by atoms with Crippen LogP contribution >= 0.6 is 0 Å². The van der Waals surface area contributed by atoms with Gasteiger partial charge in [0.1, 0.15) is 11.9 Å². The lowest BCUT2D eigenvalue weighted by Gasteiger charge is -2.25. The van der Waals surface area contributed by atoms with Crippen molar-refractivity contribution in [1.29, 1.82) is 0 Å². The standard InChI is InChI=1S/C20H19NO3/c22-18(19-12-7-13-24-19)15-21(14-16-8-3-1-4-9-16)20(23)17-10-5-2-6-11-17/h1-13,18,22H,14-15H2. The molecule has 1 N–H and O–H groups in total. The molecule has 0 saturated carbocycles. The van der Waals surface area contributed by atoms with Crippen molar-refractivity contribution in [2.24, 2.45) is 0 Å². The van der Waals surface area contributed by atoms with E-state index in [0.29, 0.717) is 17.9 Å². The molecule has 4 heteroatoms. The number of nitrogens with zero attached hydrogens (tertiary/aromatic N) is 1. The minimum atomic E-state index is -0.864. The van der Waals surface area contributed by atoms with Gasteiger partial charge < -0.3 is 14.4 Å². The molecule has 1 unspecified atom stereocenters. The minimum absolute atomic E-state index is 0.120. The van der Waals surface area contributed by atoms with Crippen LogP contribution in [0.5, 0.6) is 0 Å². The molecule has 2 aromatic carbocycles. The van der Waals surface area contributed by atoms with E-state index in [1.165, 1.54) is 6.26 Å². The zero-order valence-corrected chi connectivity index (χ0v) is 13.2. The second-order valence-corrected chi connectivity index (χ2v) is 5.57. The average Bonchev–Trinajstić information content (AvgIpc) is 3.17. The Morgan fingerprint density at radius 3 is 2.25 bits per heavy atom. The molecule has 122 valence electrons. The van der Waals surface area contributed by atoms with Gasteiger partial charge in [-0.05, 0) is 29.8 Å². The van der Waals surface area contributed by atoms with Crippen LogP contribution in [-0.4, -0.2) is 22.5 Å². The van der Waals surface area contributed by atoms with Gasteiger partial charge in [0.2, 0.25) is 0 Å². The SMILES string of the molecule is O=C(c1ccccc1)N(Cc1ccccc1)CC(O)c1ccco1. The normalized spacial score (nSPS) is 11.9. The number of rotatable bonds is 6. The summed E-state index contributed by atoms with van der Waals surface area (Å²) in [5.74, 6) is 0.332. The van der Waals surface area contributed by atoms with E-state index < -0.39 is 6.10 Å². The predicted octanol–water partition coefficient (Wildman–Crippen LogP) is 3.66. The molecular weight excluding hydrogens is 302 g/mol. The maximum atomic E-state index is 12.8. The molecule has 1 heterocycles. The molecule has 0 saturated heterocycles. The Kier molecular flexibility index (Phi) is 5.08. The van der Waals surface area contributed by atoms with Gasteiger partial charge in [-0.15, -0.1) is 0 Å². The zero-order valence-electron chi connectivity index (χ0n) is 13.2. The van der Waals surface area contributed by atoms with Crippen LogP contribution in [0.4, 0.5) is 0 Å². The van der Waals surface area contributed by atoms with Gasteiger partial charge in [-0.1, -0.05) is 48.5 Å². The third-order valence-electron chi connectivity index (χ3n) is 3.79. The van der Waals surface area contributed by atoms with Crippen LogP contribution in [0.3, 0.4) is 0 Å². The van der Waals surface area contributed by atoms with Crippen LogP contribution < -0.4 is 0 Å². The summed E-state index contributed by atoms with van der Waals surface area (Å²) in [5.41, 5.74) is 1.61. The Balaban J connectivity index is 1.81. The van der Waals surface area contributed by atoms with Crippen LogP contribution in [0.2, 0.25) is 0 Å². The van der Waals surface area contributed by atoms with Gasteiger partial charge in [0.15, 0.2) is 0 Å². The first-order valence-corrected chi connectivity index (χ1v) is 7.84. The fourth-order valence-electron chi connectivity index (χ4n) is 2.57. The third-order valence-corrected chi connectivity index (χ3v) is 3.79. The first-order valence-electron chi connectivity index (χ1n) is 7.84. The summed E-state index contributed by atoms with van der Waals surface area (Å²) < 4.78 is 5.24. The first kappa shape index (κ1) is 16.0. The Labute approximate surface area is 141 Å². The average molecular weight is 321 g/mol. The van der Waals surface area contributed by atoms with Gasteiger partial charge in [-0.3, -0.25) is 4.79 Å². The molecule has 3 aromatic rings. The predicted molar refractivity (Wildman–Crippen MR) is 91.3 cm³/mol. The number of carbonyl (C=O) groups excluding carboxylic acids is 1. The maximum absolute atomic E-state index is 12.8. The molecule has 0 aliphatic heterocycles. The zero-order chi connectivity index (χ0) is 16.8. The Morgan fingerprint density at radius 2 is 1.62 bits per heavy atom. The van der Waals surface area contributed by atoms with Gasteiger partial charge in [0.05, 0.1) is 12.8 Å². The summed E-state index contributed by atoms with van der Waals surface area (Å²) in [5, 5.41) is 10.4. The van der Waals surface area contributed by atoms with Crippen molar-refractivity contribution in [1.82, 2.24) is 4.90 Å². The van der Waals surface area contributed by atoms with E-state index in [1.54, 1.807) is 29.2 Å². The number of carbonyl (C=O) groups is 1. The third kappa shape index (κ3) is 3.91. The van der Waals surface area contributed by atoms with Crippen molar-refractivity contribution in [2.45, 2.75) is 12.6 Å². The van der Waals surface area contributed by atoms with Crippen LogP contribution in [-0.2, 0) is 6.54 Å². The Morgan fingerprint density at radius 1 is 0.958 bits per heavy atom. The lowest BCUT2D eigenvalue weighted by atomic mass is 10.1. The maximum Gasteiger partial charge on any atom is 0.254 e. The molecular formula is C20H19NO3. The van der Waals surface area contributed by atoms with Crippen LogP contribution in [0.25, 0.3) is 0 Å². The number of hydrogen-bond acceptors (Lipinski definition) is 3. The van der Waals surface area contributed by atoms with Crippen LogP contribution in [0.15, 0.2) is 83.5 Å². The number of aliphatic hydroxyl groups excluding tert-OH is 1. The van der Waals surface area contributed by atoms with E-state index in [4.69, 9.17) is 4.42 Å². The number of furan rings is 1. The van der Waals surface area contributed by atoms with Crippen LogP contribution in [0, 0.1) is 0 Å². The lowest BCUT2D eigenvalue weighted by Crippen LogP contribution is -2.34. The Bertz CT molecular complexity index is 754. The molecule has 0 aliphatic rings. The largest absolute Gasteiger partial charge is 0.467 e. The summed E-state index contributed by atoms with van der Waals surface area (Å²) in [6.07, 6.45) is 0.649. The molecule has 1 aromatic heterocycles. The van der Waals surface area contributed by atoms with Crippen molar-refractivity contribution < 1.29 is 14.3 Å². The lowest BCUT2D eigenvalue weighted by molar-refractivity contribution is 0.0563. The quantitative estimate of drug-likeness (QED) is 0.754. The van der Waals surface area contributed by atoms with E-state index in [-0.39, 0.29) is 12.5 Å². The van der Waals surface area contributed by atoms with Crippen molar-refractivity contribution in [3.63, 3.8) is 0 Å². The van der Waals surface area contributed by atoms with Crippen molar-refractivity contribution in [2.75, 3.05) is 6.54 Å². The van der Waals surface area contributed by atoms with Crippen molar-refractivity contribution >= 4 is 5.91 Å². The summed E-state index contributed by atoms with van der Waals surface area (Å²) in [6.45, 7) is 0.586. The van der Waals surface area contributed by atoms with E-state index in [1.807, 2.05) is 48.5 Å².